The van der Waals surface area contributed by atoms with E-state index in [9.17, 15) is 4.79 Å². The molecule has 0 aromatic carbocycles. The molecule has 20 heavy (non-hydrogen) atoms. The van der Waals surface area contributed by atoms with Crippen LogP contribution in [0.4, 0.5) is 0 Å². The summed E-state index contributed by atoms with van der Waals surface area (Å²) in [6, 6.07) is 7.47. The Morgan fingerprint density at radius 2 is 2.30 bits per heavy atom. The fraction of sp³-hybridized carbons (Fsp3) is 0.154. The summed E-state index contributed by atoms with van der Waals surface area (Å²) in [5.74, 6) is -0.434. The highest BCUT2D eigenvalue weighted by atomic mass is 79.9. The van der Waals surface area contributed by atoms with E-state index in [1.807, 2.05) is 18.2 Å². The van der Waals surface area contributed by atoms with Crippen LogP contribution in [-0.4, -0.2) is 27.2 Å². The lowest BCUT2D eigenvalue weighted by Gasteiger charge is -2.00. The molecule has 0 radical (unpaired) electrons. The van der Waals surface area contributed by atoms with Crippen LogP contribution in [0, 0.1) is 0 Å². The number of esters is 1. The van der Waals surface area contributed by atoms with E-state index >= 15 is 0 Å². The molecule has 3 heterocycles. The molecule has 0 bridgehead atoms. The van der Waals surface area contributed by atoms with Gasteiger partial charge in [-0.05, 0) is 41.1 Å². The zero-order valence-electron chi connectivity index (χ0n) is 10.5. The fourth-order valence-corrected chi connectivity index (χ4v) is 3.24. The number of thiophene rings is 1. The third kappa shape index (κ3) is 2.34. The standard InChI is InChI=1S/C13H10BrN3O2S/c1-2-19-13(18)8-7-12-15-6-5-9(17(12)16-8)10-3-4-11(14)20-10/h3-7H,2H2,1H3. The molecule has 102 valence electrons. The summed E-state index contributed by atoms with van der Waals surface area (Å²) in [4.78, 5) is 17.0. The van der Waals surface area contributed by atoms with E-state index in [0.717, 1.165) is 14.4 Å². The quantitative estimate of drug-likeness (QED) is 0.678. The molecule has 0 N–H and O–H groups in total. The monoisotopic (exact) mass is 351 g/mol. The lowest BCUT2D eigenvalue weighted by Crippen LogP contribution is -2.05. The topological polar surface area (TPSA) is 56.5 Å². The van der Waals surface area contributed by atoms with E-state index in [4.69, 9.17) is 4.74 Å². The van der Waals surface area contributed by atoms with E-state index in [0.29, 0.717) is 12.3 Å². The smallest absolute Gasteiger partial charge is 0.358 e. The van der Waals surface area contributed by atoms with E-state index in [-0.39, 0.29) is 5.69 Å². The molecule has 0 aliphatic rings. The molecule has 7 heteroatoms. The van der Waals surface area contributed by atoms with Gasteiger partial charge in [-0.25, -0.2) is 14.3 Å². The molecule has 3 aromatic heterocycles. The van der Waals surface area contributed by atoms with E-state index in [2.05, 4.69) is 26.0 Å². The second-order valence-corrected chi connectivity index (χ2v) is 6.42. The number of hydrogen-bond donors (Lipinski definition) is 0. The number of halogens is 1. The first kappa shape index (κ1) is 13.3. The van der Waals surface area contributed by atoms with Gasteiger partial charge in [0.1, 0.15) is 0 Å². The zero-order valence-corrected chi connectivity index (χ0v) is 12.9. The highest BCUT2D eigenvalue weighted by Gasteiger charge is 2.15. The minimum Gasteiger partial charge on any atom is -0.461 e. The summed E-state index contributed by atoms with van der Waals surface area (Å²) in [6.07, 6.45) is 1.70. The Bertz CT molecular complexity index is 781. The highest BCUT2D eigenvalue weighted by Crippen LogP contribution is 2.31. The van der Waals surface area contributed by atoms with Crippen molar-refractivity contribution in [2.75, 3.05) is 6.61 Å². The largest absolute Gasteiger partial charge is 0.461 e. The van der Waals surface area contributed by atoms with Gasteiger partial charge in [-0.2, -0.15) is 5.10 Å². The predicted molar refractivity (Wildman–Crippen MR) is 80.0 cm³/mol. The Labute approximate surface area is 127 Å². The van der Waals surface area contributed by atoms with Crippen molar-refractivity contribution in [3.63, 3.8) is 0 Å². The second kappa shape index (κ2) is 5.34. The van der Waals surface area contributed by atoms with Crippen LogP contribution in [0.15, 0.2) is 34.2 Å². The molecule has 0 fully saturated rings. The maximum Gasteiger partial charge on any atom is 0.358 e. The molecular weight excluding hydrogens is 342 g/mol. The number of nitrogens with zero attached hydrogens (tertiary/aromatic N) is 3. The minimum absolute atomic E-state index is 0.266. The number of fused-ring (bicyclic) bond motifs is 1. The van der Waals surface area contributed by atoms with Gasteiger partial charge in [0.05, 0.1) is 21.0 Å². The molecule has 0 saturated heterocycles. The molecule has 0 atom stereocenters. The van der Waals surface area contributed by atoms with Gasteiger partial charge < -0.3 is 4.74 Å². The molecule has 0 spiro atoms. The van der Waals surface area contributed by atoms with Crippen LogP contribution in [0.5, 0.6) is 0 Å². The second-order valence-electron chi connectivity index (χ2n) is 3.95. The van der Waals surface area contributed by atoms with Gasteiger partial charge in [0.25, 0.3) is 0 Å². The lowest BCUT2D eigenvalue weighted by atomic mass is 10.3. The average molecular weight is 352 g/mol. The first-order chi connectivity index (χ1) is 9.69. The lowest BCUT2D eigenvalue weighted by molar-refractivity contribution is 0.0519. The van der Waals surface area contributed by atoms with Crippen molar-refractivity contribution in [3.05, 3.63) is 39.9 Å². The van der Waals surface area contributed by atoms with Crippen LogP contribution in [0.25, 0.3) is 16.2 Å². The third-order valence-corrected chi connectivity index (χ3v) is 4.31. The SMILES string of the molecule is CCOC(=O)c1cc2nccc(-c3ccc(Br)s3)n2n1. The van der Waals surface area contributed by atoms with E-state index in [1.165, 1.54) is 0 Å². The summed E-state index contributed by atoms with van der Waals surface area (Å²) in [7, 11) is 0. The maximum absolute atomic E-state index is 11.7. The van der Waals surface area contributed by atoms with Crippen molar-refractivity contribution in [1.82, 2.24) is 14.6 Å². The highest BCUT2D eigenvalue weighted by molar-refractivity contribution is 9.11. The van der Waals surface area contributed by atoms with Crippen LogP contribution in [0.1, 0.15) is 17.4 Å². The summed E-state index contributed by atoms with van der Waals surface area (Å²) >= 11 is 5.04. The van der Waals surface area contributed by atoms with Crippen LogP contribution in [0.3, 0.4) is 0 Å². The Kier molecular flexibility index (Phi) is 3.54. The predicted octanol–water partition coefficient (Wildman–Crippen LogP) is 3.40. The van der Waals surface area contributed by atoms with Crippen molar-refractivity contribution >= 4 is 38.9 Å². The first-order valence-corrected chi connectivity index (χ1v) is 7.57. The third-order valence-electron chi connectivity index (χ3n) is 2.67. The molecule has 0 aliphatic carbocycles. The normalized spacial score (nSPS) is 10.9. The Morgan fingerprint density at radius 1 is 1.45 bits per heavy atom. The average Bonchev–Trinajstić information content (AvgIpc) is 3.04. The van der Waals surface area contributed by atoms with Crippen molar-refractivity contribution < 1.29 is 9.53 Å². The van der Waals surface area contributed by atoms with Gasteiger partial charge in [0, 0.05) is 12.3 Å². The number of carbonyl (C=O) groups is 1. The zero-order chi connectivity index (χ0) is 14.1. The van der Waals surface area contributed by atoms with Crippen LogP contribution < -0.4 is 0 Å². The Hall–Kier alpha value is -1.73. The molecule has 0 unspecified atom stereocenters. The van der Waals surface area contributed by atoms with E-state index in [1.54, 1.807) is 35.0 Å². The Morgan fingerprint density at radius 3 is 3.00 bits per heavy atom. The van der Waals surface area contributed by atoms with Gasteiger partial charge in [-0.3, -0.25) is 0 Å². The molecule has 5 nitrogen and oxygen atoms in total. The van der Waals surface area contributed by atoms with E-state index < -0.39 is 5.97 Å². The molecule has 0 aliphatic heterocycles. The Balaban J connectivity index is 2.12. The van der Waals surface area contributed by atoms with Crippen LogP contribution in [0.2, 0.25) is 0 Å². The molecule has 3 rings (SSSR count). The molecular formula is C13H10BrN3O2S. The molecule has 0 amide bonds. The fourth-order valence-electron chi connectivity index (χ4n) is 1.84. The maximum atomic E-state index is 11.7. The first-order valence-electron chi connectivity index (χ1n) is 5.96. The summed E-state index contributed by atoms with van der Waals surface area (Å²) < 4.78 is 7.65. The van der Waals surface area contributed by atoms with Gasteiger partial charge in [-0.1, -0.05) is 0 Å². The van der Waals surface area contributed by atoms with Crippen molar-refractivity contribution in [2.24, 2.45) is 0 Å². The van der Waals surface area contributed by atoms with Crippen molar-refractivity contribution in [3.8, 4) is 10.6 Å². The number of ether oxygens (including phenoxy) is 1. The summed E-state index contributed by atoms with van der Waals surface area (Å²) in [6.45, 7) is 2.09. The summed E-state index contributed by atoms with van der Waals surface area (Å²) in [5, 5.41) is 4.29. The minimum atomic E-state index is -0.434. The van der Waals surface area contributed by atoms with Gasteiger partial charge in [-0.15, -0.1) is 11.3 Å². The van der Waals surface area contributed by atoms with Gasteiger partial charge in [0.2, 0.25) is 0 Å². The molecule has 0 saturated carbocycles. The number of carbonyl (C=O) groups excluding carboxylic acids is 1. The molecule has 3 aromatic rings. The van der Waals surface area contributed by atoms with Crippen LogP contribution >= 0.6 is 27.3 Å². The van der Waals surface area contributed by atoms with Gasteiger partial charge in [0.15, 0.2) is 11.3 Å². The number of rotatable bonds is 3. The van der Waals surface area contributed by atoms with Crippen molar-refractivity contribution in [1.29, 1.82) is 0 Å². The number of hydrogen-bond acceptors (Lipinski definition) is 5. The summed E-state index contributed by atoms with van der Waals surface area (Å²) in [5.41, 5.74) is 1.78. The number of aromatic nitrogens is 3. The van der Waals surface area contributed by atoms with Gasteiger partial charge >= 0.3 is 5.97 Å². The van der Waals surface area contributed by atoms with Crippen LogP contribution in [-0.2, 0) is 4.74 Å². The van der Waals surface area contributed by atoms with Crippen molar-refractivity contribution in [2.45, 2.75) is 6.92 Å².